The normalized spacial score (nSPS) is 21.3. The van der Waals surface area contributed by atoms with Gasteiger partial charge in [-0.05, 0) is 60.3 Å². The number of nitrogens with one attached hydrogen (secondary N) is 1. The van der Waals surface area contributed by atoms with E-state index in [1.807, 2.05) is 6.20 Å². The van der Waals surface area contributed by atoms with Gasteiger partial charge in [-0.3, -0.25) is 4.98 Å². The van der Waals surface area contributed by atoms with Crippen molar-refractivity contribution in [2.24, 2.45) is 0 Å². The van der Waals surface area contributed by atoms with Crippen LogP contribution >= 0.6 is 15.9 Å². The molecule has 0 aliphatic carbocycles. The number of rotatable bonds is 6. The van der Waals surface area contributed by atoms with Crippen molar-refractivity contribution in [2.75, 3.05) is 13.2 Å². The van der Waals surface area contributed by atoms with Crippen LogP contribution in [0.3, 0.4) is 0 Å². The molecule has 2 rings (SSSR count). The van der Waals surface area contributed by atoms with Gasteiger partial charge in [0.1, 0.15) is 0 Å². The second-order valence-corrected chi connectivity index (χ2v) is 6.07. The number of likely N-dealkylation sites (N-methyl/N-ethyl adjacent to an activating group) is 1. The van der Waals surface area contributed by atoms with Gasteiger partial charge in [-0.1, -0.05) is 6.92 Å². The van der Waals surface area contributed by atoms with E-state index in [4.69, 9.17) is 4.74 Å². The Hall–Kier alpha value is -0.450. The molecule has 1 aromatic rings. The average molecular weight is 327 g/mol. The Kier molecular flexibility index (Phi) is 6.28. The Balaban J connectivity index is 1.89. The number of hydrogen-bond acceptors (Lipinski definition) is 3. The number of aromatic nitrogens is 1. The van der Waals surface area contributed by atoms with E-state index in [1.54, 1.807) is 0 Å². The summed E-state index contributed by atoms with van der Waals surface area (Å²) >= 11 is 3.42. The molecular formula is C15H23BrN2O. The van der Waals surface area contributed by atoms with Gasteiger partial charge in [-0.25, -0.2) is 0 Å². The fraction of sp³-hybridized carbons (Fsp3) is 0.667. The van der Waals surface area contributed by atoms with Gasteiger partial charge in [0.2, 0.25) is 0 Å². The van der Waals surface area contributed by atoms with Gasteiger partial charge >= 0.3 is 0 Å². The van der Waals surface area contributed by atoms with Crippen molar-refractivity contribution in [3.05, 3.63) is 28.5 Å². The van der Waals surface area contributed by atoms with E-state index in [0.29, 0.717) is 12.1 Å². The second-order valence-electron chi connectivity index (χ2n) is 5.15. The SMILES string of the molecule is CCNC(Cc1ccc(Br)cn1)CC1CCCCO1. The van der Waals surface area contributed by atoms with Crippen molar-refractivity contribution in [3.63, 3.8) is 0 Å². The monoisotopic (exact) mass is 326 g/mol. The van der Waals surface area contributed by atoms with E-state index >= 15 is 0 Å². The molecule has 3 nitrogen and oxygen atoms in total. The molecule has 0 bridgehead atoms. The number of pyridine rings is 1. The maximum absolute atomic E-state index is 5.84. The first-order valence-electron chi connectivity index (χ1n) is 7.23. The Morgan fingerprint density at radius 1 is 1.47 bits per heavy atom. The molecule has 2 unspecified atom stereocenters. The maximum Gasteiger partial charge on any atom is 0.0590 e. The van der Waals surface area contributed by atoms with Crippen molar-refractivity contribution >= 4 is 15.9 Å². The first-order valence-corrected chi connectivity index (χ1v) is 8.02. The molecule has 1 aliphatic rings. The van der Waals surface area contributed by atoms with E-state index in [9.17, 15) is 0 Å². The van der Waals surface area contributed by atoms with Crippen LogP contribution < -0.4 is 5.32 Å². The third-order valence-electron chi connectivity index (χ3n) is 3.56. The van der Waals surface area contributed by atoms with Gasteiger partial charge < -0.3 is 10.1 Å². The summed E-state index contributed by atoms with van der Waals surface area (Å²) in [5.41, 5.74) is 1.14. The van der Waals surface area contributed by atoms with E-state index in [0.717, 1.165) is 36.2 Å². The fourth-order valence-corrected chi connectivity index (χ4v) is 2.85. The Labute approximate surface area is 124 Å². The molecule has 19 heavy (non-hydrogen) atoms. The molecule has 1 N–H and O–H groups in total. The third kappa shape index (κ3) is 5.21. The summed E-state index contributed by atoms with van der Waals surface area (Å²) in [6, 6.07) is 4.61. The summed E-state index contributed by atoms with van der Waals surface area (Å²) in [5, 5.41) is 3.56. The predicted molar refractivity (Wildman–Crippen MR) is 81.3 cm³/mol. The minimum Gasteiger partial charge on any atom is -0.378 e. The first kappa shape index (κ1) is 14.9. The van der Waals surface area contributed by atoms with Gasteiger partial charge in [0, 0.05) is 35.4 Å². The van der Waals surface area contributed by atoms with E-state index in [1.165, 1.54) is 19.3 Å². The van der Waals surface area contributed by atoms with Crippen molar-refractivity contribution in [1.29, 1.82) is 0 Å². The minimum absolute atomic E-state index is 0.424. The first-order chi connectivity index (χ1) is 9.28. The molecule has 4 heteroatoms. The highest BCUT2D eigenvalue weighted by atomic mass is 79.9. The highest BCUT2D eigenvalue weighted by molar-refractivity contribution is 9.10. The zero-order valence-electron chi connectivity index (χ0n) is 11.6. The Bertz CT molecular complexity index is 363. The summed E-state index contributed by atoms with van der Waals surface area (Å²) in [6.07, 6.45) is 8.09. The van der Waals surface area contributed by atoms with Crippen LogP contribution in [0.2, 0.25) is 0 Å². The molecule has 0 aromatic carbocycles. The lowest BCUT2D eigenvalue weighted by Gasteiger charge is -2.27. The molecule has 0 spiro atoms. The molecule has 106 valence electrons. The lowest BCUT2D eigenvalue weighted by Crippen LogP contribution is -2.36. The zero-order chi connectivity index (χ0) is 13.5. The maximum atomic E-state index is 5.84. The van der Waals surface area contributed by atoms with E-state index in [-0.39, 0.29) is 0 Å². The molecule has 2 heterocycles. The number of nitrogens with zero attached hydrogens (tertiary/aromatic N) is 1. The van der Waals surface area contributed by atoms with Crippen molar-refractivity contribution < 1.29 is 4.74 Å². The molecule has 1 saturated heterocycles. The average Bonchev–Trinajstić information content (AvgIpc) is 2.43. The molecule has 0 saturated carbocycles. The Morgan fingerprint density at radius 2 is 2.37 bits per heavy atom. The molecule has 1 aliphatic heterocycles. The van der Waals surface area contributed by atoms with Crippen LogP contribution in [0.25, 0.3) is 0 Å². The van der Waals surface area contributed by atoms with Crippen LogP contribution in [-0.4, -0.2) is 30.3 Å². The lowest BCUT2D eigenvalue weighted by atomic mass is 9.98. The van der Waals surface area contributed by atoms with E-state index in [2.05, 4.69) is 45.3 Å². The minimum atomic E-state index is 0.424. The van der Waals surface area contributed by atoms with Gasteiger partial charge in [0.15, 0.2) is 0 Å². The summed E-state index contributed by atoms with van der Waals surface area (Å²) in [4.78, 5) is 4.47. The molecule has 0 radical (unpaired) electrons. The van der Waals surface area contributed by atoms with Crippen LogP contribution in [0.1, 0.15) is 38.3 Å². The molecule has 0 amide bonds. The number of hydrogen-bond donors (Lipinski definition) is 1. The van der Waals surface area contributed by atoms with Crippen LogP contribution in [-0.2, 0) is 11.2 Å². The van der Waals surface area contributed by atoms with Gasteiger partial charge in [0.05, 0.1) is 6.10 Å². The van der Waals surface area contributed by atoms with Crippen LogP contribution in [0.15, 0.2) is 22.8 Å². The van der Waals surface area contributed by atoms with Gasteiger partial charge in [0.25, 0.3) is 0 Å². The fourth-order valence-electron chi connectivity index (χ4n) is 2.62. The Morgan fingerprint density at radius 3 is 3.00 bits per heavy atom. The summed E-state index contributed by atoms with van der Waals surface area (Å²) in [5.74, 6) is 0. The van der Waals surface area contributed by atoms with Gasteiger partial charge in [-0.2, -0.15) is 0 Å². The smallest absolute Gasteiger partial charge is 0.0590 e. The zero-order valence-corrected chi connectivity index (χ0v) is 13.2. The molecule has 1 aromatic heterocycles. The predicted octanol–water partition coefficient (Wildman–Crippen LogP) is 3.32. The second kappa shape index (κ2) is 7.98. The third-order valence-corrected chi connectivity index (χ3v) is 4.03. The van der Waals surface area contributed by atoms with Crippen molar-refractivity contribution in [3.8, 4) is 0 Å². The quantitative estimate of drug-likeness (QED) is 0.870. The van der Waals surface area contributed by atoms with Crippen LogP contribution in [0, 0.1) is 0 Å². The topological polar surface area (TPSA) is 34.2 Å². The molecule has 1 fully saturated rings. The molecule has 2 atom stereocenters. The van der Waals surface area contributed by atoms with Crippen molar-refractivity contribution in [1.82, 2.24) is 10.3 Å². The molecular weight excluding hydrogens is 304 g/mol. The van der Waals surface area contributed by atoms with Crippen LogP contribution in [0.4, 0.5) is 0 Å². The summed E-state index contributed by atoms with van der Waals surface area (Å²) in [6.45, 7) is 4.08. The highest BCUT2D eigenvalue weighted by Crippen LogP contribution is 2.19. The number of ether oxygens (including phenoxy) is 1. The largest absolute Gasteiger partial charge is 0.378 e. The lowest BCUT2D eigenvalue weighted by molar-refractivity contribution is 0.00530. The number of halogens is 1. The van der Waals surface area contributed by atoms with Crippen LogP contribution in [0.5, 0.6) is 0 Å². The summed E-state index contributed by atoms with van der Waals surface area (Å²) < 4.78 is 6.88. The highest BCUT2D eigenvalue weighted by Gasteiger charge is 2.19. The summed E-state index contributed by atoms with van der Waals surface area (Å²) in [7, 11) is 0. The van der Waals surface area contributed by atoms with E-state index < -0.39 is 0 Å². The standard InChI is InChI=1S/C15H23BrN2O/c1-2-17-14(10-15-5-3-4-8-19-15)9-13-7-6-12(16)11-18-13/h6-7,11,14-15,17H,2-5,8-10H2,1H3. The van der Waals surface area contributed by atoms with Gasteiger partial charge in [-0.15, -0.1) is 0 Å². The van der Waals surface area contributed by atoms with Crippen molar-refractivity contribution in [2.45, 2.75) is 51.2 Å².